The lowest BCUT2D eigenvalue weighted by Crippen LogP contribution is -2.57. The van der Waals surface area contributed by atoms with Crippen LogP contribution in [0.25, 0.3) is 6.08 Å². The van der Waals surface area contributed by atoms with Crippen molar-refractivity contribution in [1.29, 1.82) is 0 Å². The molecule has 4 aliphatic rings. The van der Waals surface area contributed by atoms with Crippen LogP contribution in [0.1, 0.15) is 53.6 Å². The Morgan fingerprint density at radius 2 is 1.50 bits per heavy atom. The largest absolute Gasteiger partial charge is 0.508 e. The molecule has 4 bridgehead atoms. The zero-order chi connectivity index (χ0) is 19.3. The van der Waals surface area contributed by atoms with Crippen molar-refractivity contribution in [2.45, 2.75) is 37.7 Å². The molecule has 3 nitrogen and oxygen atoms in total. The first-order valence-corrected chi connectivity index (χ1v) is 10.3. The standard InChI is InChI=1S/C25H26O3/c1-2-16-3-5-19(6-4-16)24(27)28-25(20-7-9-23(26)10-8-20)21-12-17-11-18(14-21)15-22(25)13-17/h2-10,17-18,21-22,26H,1,11-15H2. The molecule has 0 atom stereocenters. The van der Waals surface area contributed by atoms with Crippen molar-refractivity contribution < 1.29 is 14.6 Å². The Kier molecular flexibility index (Phi) is 4.08. The Labute approximate surface area is 166 Å². The van der Waals surface area contributed by atoms with Gasteiger partial charge in [0.25, 0.3) is 0 Å². The summed E-state index contributed by atoms with van der Waals surface area (Å²) in [6, 6.07) is 14.8. The molecular weight excluding hydrogens is 348 g/mol. The second-order valence-electron chi connectivity index (χ2n) is 8.86. The monoisotopic (exact) mass is 374 g/mol. The second kappa shape index (κ2) is 6.51. The molecule has 4 fully saturated rings. The molecule has 0 saturated heterocycles. The smallest absolute Gasteiger partial charge is 0.339 e. The van der Waals surface area contributed by atoms with Crippen LogP contribution in [-0.4, -0.2) is 11.1 Å². The highest BCUT2D eigenvalue weighted by Crippen LogP contribution is 2.63. The highest BCUT2D eigenvalue weighted by Gasteiger charge is 2.60. The summed E-state index contributed by atoms with van der Waals surface area (Å²) in [5.74, 6) is 2.27. The number of esters is 1. The van der Waals surface area contributed by atoms with Gasteiger partial charge in [0.2, 0.25) is 0 Å². The molecular formula is C25H26O3. The van der Waals surface area contributed by atoms with Crippen LogP contribution in [0.4, 0.5) is 0 Å². The molecule has 0 radical (unpaired) electrons. The van der Waals surface area contributed by atoms with E-state index in [1.807, 2.05) is 36.4 Å². The molecule has 0 amide bonds. The third-order valence-corrected chi connectivity index (χ3v) is 7.31. The van der Waals surface area contributed by atoms with Crippen molar-refractivity contribution >= 4 is 12.0 Å². The Morgan fingerprint density at radius 3 is 2.04 bits per heavy atom. The fraction of sp³-hybridized carbons (Fsp3) is 0.400. The Balaban J connectivity index is 1.54. The maximum atomic E-state index is 13.2. The fourth-order valence-electron chi connectivity index (χ4n) is 6.27. The number of benzene rings is 2. The predicted molar refractivity (Wildman–Crippen MR) is 109 cm³/mol. The van der Waals surface area contributed by atoms with Crippen molar-refractivity contribution in [1.82, 2.24) is 0 Å². The molecule has 4 saturated carbocycles. The van der Waals surface area contributed by atoms with Gasteiger partial charge in [-0.1, -0.05) is 36.9 Å². The average Bonchev–Trinajstić information content (AvgIpc) is 2.71. The van der Waals surface area contributed by atoms with Gasteiger partial charge in [-0.25, -0.2) is 4.79 Å². The highest BCUT2D eigenvalue weighted by molar-refractivity contribution is 5.90. The van der Waals surface area contributed by atoms with E-state index in [1.165, 1.54) is 6.42 Å². The molecule has 6 rings (SSSR count). The molecule has 4 aliphatic carbocycles. The Morgan fingerprint density at radius 1 is 0.929 bits per heavy atom. The molecule has 144 valence electrons. The minimum Gasteiger partial charge on any atom is -0.508 e. The van der Waals surface area contributed by atoms with Crippen LogP contribution in [0.3, 0.4) is 0 Å². The zero-order valence-corrected chi connectivity index (χ0v) is 16.0. The number of aromatic hydroxyl groups is 1. The number of carbonyl (C=O) groups excluding carboxylic acids is 1. The summed E-state index contributed by atoms with van der Waals surface area (Å²) >= 11 is 0. The lowest BCUT2D eigenvalue weighted by molar-refractivity contribution is -0.182. The number of hydrogen-bond acceptors (Lipinski definition) is 3. The van der Waals surface area contributed by atoms with Gasteiger partial charge in [-0.05, 0) is 79.3 Å². The van der Waals surface area contributed by atoms with E-state index in [2.05, 4.69) is 6.58 Å². The topological polar surface area (TPSA) is 46.5 Å². The van der Waals surface area contributed by atoms with Crippen molar-refractivity contribution in [2.24, 2.45) is 23.7 Å². The molecule has 3 heteroatoms. The number of ether oxygens (including phenoxy) is 1. The fourth-order valence-corrected chi connectivity index (χ4v) is 6.27. The summed E-state index contributed by atoms with van der Waals surface area (Å²) in [6.45, 7) is 3.77. The number of rotatable bonds is 4. The number of carbonyl (C=O) groups is 1. The van der Waals surface area contributed by atoms with Gasteiger partial charge in [-0.15, -0.1) is 0 Å². The quantitative estimate of drug-likeness (QED) is 0.714. The first-order chi connectivity index (χ1) is 13.6. The molecule has 0 heterocycles. The molecule has 0 aliphatic heterocycles. The van der Waals surface area contributed by atoms with Gasteiger partial charge >= 0.3 is 5.97 Å². The Bertz CT molecular complexity index is 866. The summed E-state index contributed by atoms with van der Waals surface area (Å²) in [5.41, 5.74) is 2.03. The summed E-state index contributed by atoms with van der Waals surface area (Å²) in [4.78, 5) is 13.2. The third-order valence-electron chi connectivity index (χ3n) is 7.31. The average molecular weight is 374 g/mol. The van der Waals surface area contributed by atoms with Crippen LogP contribution >= 0.6 is 0 Å². The van der Waals surface area contributed by atoms with E-state index in [0.717, 1.165) is 48.6 Å². The van der Waals surface area contributed by atoms with Crippen LogP contribution in [-0.2, 0) is 10.3 Å². The van der Waals surface area contributed by atoms with Gasteiger partial charge in [0.15, 0.2) is 0 Å². The zero-order valence-electron chi connectivity index (χ0n) is 16.0. The maximum Gasteiger partial charge on any atom is 0.339 e. The molecule has 0 spiro atoms. The summed E-state index contributed by atoms with van der Waals surface area (Å²) in [5, 5.41) is 9.78. The van der Waals surface area contributed by atoms with Crippen molar-refractivity contribution in [3.05, 3.63) is 71.8 Å². The molecule has 1 N–H and O–H groups in total. The second-order valence-corrected chi connectivity index (χ2v) is 8.86. The maximum absolute atomic E-state index is 13.2. The van der Waals surface area contributed by atoms with E-state index in [9.17, 15) is 9.90 Å². The number of hydrogen-bond donors (Lipinski definition) is 1. The predicted octanol–water partition coefficient (Wildman–Crippen LogP) is 5.54. The van der Waals surface area contributed by atoms with Crippen LogP contribution in [0, 0.1) is 23.7 Å². The lowest BCUT2D eigenvalue weighted by Gasteiger charge is -2.60. The van der Waals surface area contributed by atoms with Crippen LogP contribution < -0.4 is 0 Å². The minimum atomic E-state index is -0.574. The van der Waals surface area contributed by atoms with Gasteiger partial charge in [0.1, 0.15) is 11.4 Å². The highest BCUT2D eigenvalue weighted by atomic mass is 16.6. The third kappa shape index (κ3) is 2.68. The van der Waals surface area contributed by atoms with E-state index in [4.69, 9.17) is 4.74 Å². The first-order valence-electron chi connectivity index (χ1n) is 10.3. The lowest BCUT2D eigenvalue weighted by atomic mass is 9.48. The number of phenols is 1. The van der Waals surface area contributed by atoms with Crippen LogP contribution in [0.15, 0.2) is 55.1 Å². The van der Waals surface area contributed by atoms with Gasteiger partial charge < -0.3 is 9.84 Å². The van der Waals surface area contributed by atoms with E-state index in [1.54, 1.807) is 18.2 Å². The molecule has 0 unspecified atom stereocenters. The van der Waals surface area contributed by atoms with Crippen molar-refractivity contribution in [3.63, 3.8) is 0 Å². The van der Waals surface area contributed by atoms with E-state index < -0.39 is 5.60 Å². The molecule has 0 aromatic heterocycles. The normalized spacial score (nSPS) is 32.9. The van der Waals surface area contributed by atoms with Gasteiger partial charge in [-0.2, -0.15) is 0 Å². The van der Waals surface area contributed by atoms with Crippen molar-refractivity contribution in [2.75, 3.05) is 0 Å². The molecule has 2 aromatic rings. The molecule has 28 heavy (non-hydrogen) atoms. The van der Waals surface area contributed by atoms with Crippen molar-refractivity contribution in [3.8, 4) is 5.75 Å². The molecule has 2 aromatic carbocycles. The van der Waals surface area contributed by atoms with Gasteiger partial charge in [0.05, 0.1) is 5.56 Å². The van der Waals surface area contributed by atoms with Gasteiger partial charge in [0, 0.05) is 11.8 Å². The SMILES string of the molecule is C=Cc1ccc(C(=O)OC2(c3ccc(O)cc3)C3CC4CC(C3)CC2C4)cc1. The van der Waals surface area contributed by atoms with Crippen LogP contribution in [0.2, 0.25) is 0 Å². The number of phenolic OH excluding ortho intramolecular Hbond substituents is 1. The summed E-state index contributed by atoms with van der Waals surface area (Å²) < 4.78 is 6.45. The first kappa shape index (κ1) is 17.5. The minimum absolute atomic E-state index is 0.244. The van der Waals surface area contributed by atoms with E-state index in [-0.39, 0.29) is 11.7 Å². The summed E-state index contributed by atoms with van der Waals surface area (Å²) in [6.07, 6.45) is 7.65. The summed E-state index contributed by atoms with van der Waals surface area (Å²) in [7, 11) is 0. The van der Waals surface area contributed by atoms with Gasteiger partial charge in [-0.3, -0.25) is 0 Å². The Hall–Kier alpha value is -2.55. The van der Waals surface area contributed by atoms with Crippen LogP contribution in [0.5, 0.6) is 5.75 Å². The van der Waals surface area contributed by atoms with E-state index >= 15 is 0 Å². The van der Waals surface area contributed by atoms with E-state index in [0.29, 0.717) is 17.4 Å².